The van der Waals surface area contributed by atoms with E-state index in [-0.39, 0.29) is 18.3 Å². The third-order valence-corrected chi connectivity index (χ3v) is 3.65. The number of carbonyl (C=O) groups is 2. The molecule has 1 rings (SSSR count). The molecule has 4 nitrogen and oxygen atoms in total. The quantitative estimate of drug-likeness (QED) is 0.492. The molecule has 0 N–H and O–H groups in total. The van der Waals surface area contributed by atoms with Crippen molar-refractivity contribution in [2.45, 2.75) is 45.4 Å². The maximum Gasteiger partial charge on any atom is 0.307 e. The van der Waals surface area contributed by atoms with Gasteiger partial charge in [-0.3, -0.25) is 9.59 Å². The molecule has 1 amide bonds. The Morgan fingerprint density at radius 3 is 2.41 bits per heavy atom. The molecule has 0 aromatic heterocycles. The standard InChI is InChI=1S/C18H27NO3/c1-3-4-5-9-13-19(14-12-18(21)22-2)17(20)15-16-10-7-6-8-11-16/h6-8,10-11H,3-5,9,12-15H2,1-2H3. The summed E-state index contributed by atoms with van der Waals surface area (Å²) in [6, 6.07) is 9.71. The van der Waals surface area contributed by atoms with Crippen LogP contribution in [0.2, 0.25) is 0 Å². The van der Waals surface area contributed by atoms with Gasteiger partial charge < -0.3 is 9.64 Å². The van der Waals surface area contributed by atoms with Gasteiger partial charge in [0.15, 0.2) is 0 Å². The lowest BCUT2D eigenvalue weighted by Gasteiger charge is -2.22. The van der Waals surface area contributed by atoms with Crippen LogP contribution in [0, 0.1) is 0 Å². The Morgan fingerprint density at radius 2 is 1.77 bits per heavy atom. The number of ether oxygens (including phenoxy) is 1. The first-order valence-electron chi connectivity index (χ1n) is 8.06. The summed E-state index contributed by atoms with van der Waals surface area (Å²) in [5.74, 6) is -0.197. The molecule has 0 heterocycles. The van der Waals surface area contributed by atoms with Crippen LogP contribution in [0.15, 0.2) is 30.3 Å². The molecule has 0 atom stereocenters. The van der Waals surface area contributed by atoms with E-state index in [9.17, 15) is 9.59 Å². The zero-order chi connectivity index (χ0) is 16.2. The van der Waals surface area contributed by atoms with Crippen molar-refractivity contribution in [3.63, 3.8) is 0 Å². The highest BCUT2D eigenvalue weighted by molar-refractivity contribution is 5.79. The van der Waals surface area contributed by atoms with Gasteiger partial charge in [0.2, 0.25) is 5.91 Å². The molecule has 0 bridgehead atoms. The maximum absolute atomic E-state index is 12.5. The van der Waals surface area contributed by atoms with Crippen LogP contribution in [0.3, 0.4) is 0 Å². The van der Waals surface area contributed by atoms with E-state index in [4.69, 9.17) is 0 Å². The number of esters is 1. The van der Waals surface area contributed by atoms with Crippen molar-refractivity contribution in [1.82, 2.24) is 4.90 Å². The molecule has 122 valence electrons. The Balaban J connectivity index is 2.54. The van der Waals surface area contributed by atoms with Gasteiger partial charge in [0.05, 0.1) is 20.0 Å². The number of carbonyl (C=O) groups excluding carboxylic acids is 2. The number of methoxy groups -OCH3 is 1. The van der Waals surface area contributed by atoms with Gasteiger partial charge in [-0.05, 0) is 12.0 Å². The number of unbranched alkanes of at least 4 members (excludes halogenated alkanes) is 3. The van der Waals surface area contributed by atoms with Gasteiger partial charge in [-0.15, -0.1) is 0 Å². The molecule has 0 spiro atoms. The first kappa shape index (κ1) is 18.2. The summed E-state index contributed by atoms with van der Waals surface area (Å²) in [7, 11) is 1.37. The molecule has 0 aliphatic heterocycles. The molecule has 0 aliphatic carbocycles. The second-order valence-electron chi connectivity index (χ2n) is 5.43. The molecule has 0 saturated carbocycles. The molecule has 0 aliphatic rings. The van der Waals surface area contributed by atoms with Gasteiger partial charge in [0.25, 0.3) is 0 Å². The van der Waals surface area contributed by atoms with Crippen LogP contribution in [0.1, 0.15) is 44.6 Å². The van der Waals surface area contributed by atoms with E-state index in [0.717, 1.165) is 18.4 Å². The number of amides is 1. The Morgan fingerprint density at radius 1 is 1.05 bits per heavy atom. The van der Waals surface area contributed by atoms with Crippen molar-refractivity contribution < 1.29 is 14.3 Å². The normalized spacial score (nSPS) is 10.3. The first-order chi connectivity index (χ1) is 10.7. The van der Waals surface area contributed by atoms with Gasteiger partial charge in [0, 0.05) is 13.1 Å². The fourth-order valence-electron chi connectivity index (χ4n) is 2.30. The number of rotatable bonds is 10. The Kier molecular flexibility index (Phi) is 8.96. The highest BCUT2D eigenvalue weighted by atomic mass is 16.5. The molecule has 0 radical (unpaired) electrons. The van der Waals surface area contributed by atoms with Crippen molar-refractivity contribution >= 4 is 11.9 Å². The molecule has 0 fully saturated rings. The van der Waals surface area contributed by atoms with Crippen molar-refractivity contribution in [2.24, 2.45) is 0 Å². The summed E-state index contributed by atoms with van der Waals surface area (Å²) in [4.78, 5) is 25.6. The number of hydrogen-bond acceptors (Lipinski definition) is 3. The highest BCUT2D eigenvalue weighted by Crippen LogP contribution is 2.07. The van der Waals surface area contributed by atoms with Crippen LogP contribution >= 0.6 is 0 Å². The van der Waals surface area contributed by atoms with E-state index in [1.165, 1.54) is 20.0 Å². The van der Waals surface area contributed by atoms with E-state index in [1.807, 2.05) is 30.3 Å². The second-order valence-corrected chi connectivity index (χ2v) is 5.43. The Bertz CT molecular complexity index is 445. The average Bonchev–Trinajstić information content (AvgIpc) is 2.54. The van der Waals surface area contributed by atoms with Crippen molar-refractivity contribution in [1.29, 1.82) is 0 Å². The minimum Gasteiger partial charge on any atom is -0.469 e. The summed E-state index contributed by atoms with van der Waals surface area (Å²) in [5, 5.41) is 0. The molecule has 1 aromatic rings. The number of benzene rings is 1. The van der Waals surface area contributed by atoms with Crippen molar-refractivity contribution in [3.8, 4) is 0 Å². The van der Waals surface area contributed by atoms with E-state index < -0.39 is 0 Å². The van der Waals surface area contributed by atoms with Crippen LogP contribution in [-0.2, 0) is 20.7 Å². The summed E-state index contributed by atoms with van der Waals surface area (Å²) in [5.41, 5.74) is 1.00. The summed E-state index contributed by atoms with van der Waals surface area (Å²) < 4.78 is 4.66. The van der Waals surface area contributed by atoms with Gasteiger partial charge >= 0.3 is 5.97 Å². The van der Waals surface area contributed by atoms with Crippen molar-refractivity contribution in [3.05, 3.63) is 35.9 Å². The topological polar surface area (TPSA) is 46.6 Å². The predicted molar refractivity (Wildman–Crippen MR) is 87.5 cm³/mol. The fourth-order valence-corrected chi connectivity index (χ4v) is 2.30. The minimum absolute atomic E-state index is 0.0756. The minimum atomic E-state index is -0.272. The average molecular weight is 305 g/mol. The molecule has 0 unspecified atom stereocenters. The first-order valence-corrected chi connectivity index (χ1v) is 8.06. The van der Waals surface area contributed by atoms with Crippen LogP contribution < -0.4 is 0 Å². The Hall–Kier alpha value is -1.84. The molecule has 22 heavy (non-hydrogen) atoms. The smallest absolute Gasteiger partial charge is 0.307 e. The Labute approximate surface area is 133 Å². The molecule has 0 saturated heterocycles. The summed E-state index contributed by atoms with van der Waals surface area (Å²) in [6.07, 6.45) is 5.08. The summed E-state index contributed by atoms with van der Waals surface area (Å²) >= 11 is 0. The van der Waals surface area contributed by atoms with E-state index in [0.29, 0.717) is 19.5 Å². The van der Waals surface area contributed by atoms with Crippen LogP contribution in [0.5, 0.6) is 0 Å². The lowest BCUT2D eigenvalue weighted by atomic mass is 10.1. The second kappa shape index (κ2) is 10.8. The van der Waals surface area contributed by atoms with E-state index >= 15 is 0 Å². The number of hydrogen-bond donors (Lipinski definition) is 0. The van der Waals surface area contributed by atoms with Crippen LogP contribution in [-0.4, -0.2) is 37.0 Å². The van der Waals surface area contributed by atoms with E-state index in [1.54, 1.807) is 4.90 Å². The van der Waals surface area contributed by atoms with Crippen LogP contribution in [0.25, 0.3) is 0 Å². The molecule has 1 aromatic carbocycles. The maximum atomic E-state index is 12.5. The zero-order valence-corrected chi connectivity index (χ0v) is 13.7. The largest absolute Gasteiger partial charge is 0.469 e. The zero-order valence-electron chi connectivity index (χ0n) is 13.7. The van der Waals surface area contributed by atoms with Gasteiger partial charge in [-0.1, -0.05) is 56.5 Å². The third-order valence-electron chi connectivity index (χ3n) is 3.65. The van der Waals surface area contributed by atoms with Gasteiger partial charge in [-0.2, -0.15) is 0 Å². The monoisotopic (exact) mass is 305 g/mol. The fraction of sp³-hybridized carbons (Fsp3) is 0.556. The van der Waals surface area contributed by atoms with Crippen molar-refractivity contribution in [2.75, 3.05) is 20.2 Å². The lowest BCUT2D eigenvalue weighted by Crippen LogP contribution is -2.35. The van der Waals surface area contributed by atoms with Gasteiger partial charge in [0.1, 0.15) is 0 Å². The molecular weight excluding hydrogens is 278 g/mol. The molecule has 4 heteroatoms. The van der Waals surface area contributed by atoms with E-state index in [2.05, 4.69) is 11.7 Å². The van der Waals surface area contributed by atoms with Crippen LogP contribution in [0.4, 0.5) is 0 Å². The molecular formula is C18H27NO3. The predicted octanol–water partition coefficient (Wildman–Crippen LogP) is 3.20. The SMILES string of the molecule is CCCCCCN(CCC(=O)OC)C(=O)Cc1ccccc1. The highest BCUT2D eigenvalue weighted by Gasteiger charge is 2.15. The van der Waals surface area contributed by atoms with Gasteiger partial charge in [-0.25, -0.2) is 0 Å². The number of nitrogens with zero attached hydrogens (tertiary/aromatic N) is 1. The summed E-state index contributed by atoms with van der Waals surface area (Å²) in [6.45, 7) is 3.31. The third kappa shape index (κ3) is 7.25. The lowest BCUT2D eigenvalue weighted by molar-refractivity contribution is -0.141.